The van der Waals surface area contributed by atoms with Crippen molar-refractivity contribution in [1.29, 1.82) is 0 Å². The van der Waals surface area contributed by atoms with Gasteiger partial charge in [-0.15, -0.1) is 11.3 Å². The minimum absolute atomic E-state index is 0.0301. The molecule has 0 saturated heterocycles. The zero-order valence-corrected chi connectivity index (χ0v) is 20.5. The maximum absolute atomic E-state index is 12.0. The number of carboxylic acid groups (broad SMARTS) is 1. The Labute approximate surface area is 214 Å². The Kier molecular flexibility index (Phi) is 7.09. The van der Waals surface area contributed by atoms with Crippen LogP contribution in [-0.4, -0.2) is 27.9 Å². The van der Waals surface area contributed by atoms with E-state index in [2.05, 4.69) is 51.9 Å². The van der Waals surface area contributed by atoms with Crippen LogP contribution in [0.1, 0.15) is 48.1 Å². The van der Waals surface area contributed by atoms with Crippen molar-refractivity contribution in [3.05, 3.63) is 119 Å². The number of benzene rings is 3. The van der Waals surface area contributed by atoms with Gasteiger partial charge < -0.3 is 15.3 Å². The molecule has 0 aliphatic heterocycles. The van der Waals surface area contributed by atoms with Crippen molar-refractivity contribution in [2.75, 3.05) is 5.32 Å². The highest BCUT2D eigenvalue weighted by molar-refractivity contribution is 7.14. The highest BCUT2D eigenvalue weighted by atomic mass is 32.1. The number of aromatic nitrogens is 1. The molecule has 0 unspecified atom stereocenters. The molecule has 1 aliphatic carbocycles. The van der Waals surface area contributed by atoms with Crippen LogP contribution in [0, 0.1) is 0 Å². The fraction of sp³-hybridized carbons (Fsp3) is 0.207. The van der Waals surface area contributed by atoms with E-state index < -0.39 is 11.5 Å². The third-order valence-corrected chi connectivity index (χ3v) is 7.22. The summed E-state index contributed by atoms with van der Waals surface area (Å²) >= 11 is 1.34. The molecule has 7 heteroatoms. The fourth-order valence-corrected chi connectivity index (χ4v) is 5.45. The average molecular weight is 498 g/mol. The smallest absolute Gasteiger partial charge is 0.360 e. The Bertz CT molecular complexity index is 1220. The number of carboxylic acids is 1. The molecular weight excluding hydrogens is 470 g/mol. The van der Waals surface area contributed by atoms with Crippen molar-refractivity contribution in [1.82, 2.24) is 4.98 Å². The van der Waals surface area contributed by atoms with Gasteiger partial charge in [0.05, 0.1) is 0 Å². The molecule has 1 heterocycles. The molecule has 5 rings (SSSR count). The summed E-state index contributed by atoms with van der Waals surface area (Å²) in [5.74, 6) is -1.16. The highest BCUT2D eigenvalue weighted by Gasteiger charge is 2.37. The number of thiazole rings is 1. The lowest BCUT2D eigenvalue weighted by Crippen LogP contribution is -2.38. The van der Waals surface area contributed by atoms with Gasteiger partial charge in [-0.1, -0.05) is 96.2 Å². The average Bonchev–Trinajstić information content (AvgIpc) is 3.61. The van der Waals surface area contributed by atoms with Crippen LogP contribution in [0.15, 0.2) is 102 Å². The zero-order chi connectivity index (χ0) is 24.8. The third kappa shape index (κ3) is 4.88. The van der Waals surface area contributed by atoms with Crippen molar-refractivity contribution in [2.45, 2.75) is 37.3 Å². The van der Waals surface area contributed by atoms with Gasteiger partial charge in [0.25, 0.3) is 0 Å². The van der Waals surface area contributed by atoms with Gasteiger partial charge in [0.2, 0.25) is 5.71 Å². The standard InChI is InChI=1S/C29H27N3O3S/c33-27(34)26(32-35-24-18-10-11-19-24)25-20-36-28(30-25)31-29(21-12-4-1-5-13-21,22-14-6-2-7-15-22)23-16-8-3-9-17-23/h1-9,12-17,20,24H,10-11,18-19H2,(H,30,31)(H,33,34)/b32-26-. The molecule has 0 spiro atoms. The van der Waals surface area contributed by atoms with E-state index in [1.165, 1.54) is 11.3 Å². The zero-order valence-electron chi connectivity index (χ0n) is 19.7. The first kappa shape index (κ1) is 23.8. The van der Waals surface area contributed by atoms with E-state index in [0.29, 0.717) is 5.13 Å². The fourth-order valence-electron chi connectivity index (χ4n) is 4.70. The molecular formula is C29H27N3O3S. The van der Waals surface area contributed by atoms with Gasteiger partial charge in [0, 0.05) is 5.38 Å². The largest absolute Gasteiger partial charge is 0.476 e. The van der Waals surface area contributed by atoms with Crippen LogP contribution in [0.2, 0.25) is 0 Å². The van der Waals surface area contributed by atoms with Crippen LogP contribution in [0.25, 0.3) is 0 Å². The van der Waals surface area contributed by atoms with Gasteiger partial charge in [-0.25, -0.2) is 9.78 Å². The molecule has 0 atom stereocenters. The van der Waals surface area contributed by atoms with E-state index in [1.807, 2.05) is 54.6 Å². The SMILES string of the molecule is O=C(O)/C(=N\OC1CCCC1)c1csc(NC(c2ccccc2)(c2ccccc2)c2ccccc2)n1. The molecule has 1 saturated carbocycles. The Hall–Kier alpha value is -3.97. The van der Waals surface area contributed by atoms with Gasteiger partial charge in [-0.05, 0) is 42.4 Å². The maximum atomic E-state index is 12.0. The number of hydrogen-bond donors (Lipinski definition) is 2. The van der Waals surface area contributed by atoms with Crippen LogP contribution in [0.4, 0.5) is 5.13 Å². The number of nitrogens with zero attached hydrogens (tertiary/aromatic N) is 2. The quantitative estimate of drug-likeness (QED) is 0.161. The lowest BCUT2D eigenvalue weighted by atomic mass is 9.77. The predicted octanol–water partition coefficient (Wildman–Crippen LogP) is 6.30. The Morgan fingerprint density at radius 2 is 1.39 bits per heavy atom. The van der Waals surface area contributed by atoms with E-state index in [0.717, 1.165) is 42.4 Å². The van der Waals surface area contributed by atoms with Gasteiger partial charge in [0.1, 0.15) is 17.3 Å². The van der Waals surface area contributed by atoms with Gasteiger partial charge in [-0.2, -0.15) is 0 Å². The van der Waals surface area contributed by atoms with E-state index >= 15 is 0 Å². The molecule has 1 aromatic heterocycles. The highest BCUT2D eigenvalue weighted by Crippen LogP contribution is 2.40. The maximum Gasteiger partial charge on any atom is 0.360 e. The third-order valence-electron chi connectivity index (χ3n) is 6.46. The Balaban J connectivity index is 1.57. The second kappa shape index (κ2) is 10.7. The minimum Gasteiger partial charge on any atom is -0.476 e. The van der Waals surface area contributed by atoms with Crippen molar-refractivity contribution in [2.24, 2.45) is 5.16 Å². The molecule has 1 aliphatic rings. The summed E-state index contributed by atoms with van der Waals surface area (Å²) in [6.07, 6.45) is 3.92. The van der Waals surface area contributed by atoms with E-state index in [9.17, 15) is 9.90 Å². The molecule has 2 N–H and O–H groups in total. The van der Waals surface area contributed by atoms with Crippen molar-refractivity contribution in [3.8, 4) is 0 Å². The first-order valence-corrected chi connectivity index (χ1v) is 12.9. The first-order chi connectivity index (χ1) is 17.7. The van der Waals surface area contributed by atoms with Crippen LogP contribution in [0.3, 0.4) is 0 Å². The van der Waals surface area contributed by atoms with E-state index in [-0.39, 0.29) is 17.5 Å². The van der Waals surface area contributed by atoms with E-state index in [4.69, 9.17) is 4.84 Å². The van der Waals surface area contributed by atoms with Gasteiger partial charge in [0.15, 0.2) is 5.13 Å². The lowest BCUT2D eigenvalue weighted by Gasteiger charge is -2.36. The normalized spacial score (nSPS) is 14.5. The second-order valence-corrected chi connectivity index (χ2v) is 9.63. The molecule has 182 valence electrons. The number of carbonyl (C=O) groups is 1. The second-order valence-electron chi connectivity index (χ2n) is 8.77. The molecule has 0 amide bonds. The monoisotopic (exact) mass is 497 g/mol. The van der Waals surface area contributed by atoms with Crippen LogP contribution >= 0.6 is 11.3 Å². The molecule has 3 aromatic carbocycles. The minimum atomic E-state index is -1.16. The van der Waals surface area contributed by atoms with Crippen molar-refractivity contribution >= 4 is 28.1 Å². The number of nitrogens with one attached hydrogen (secondary N) is 1. The summed E-state index contributed by atoms with van der Waals surface area (Å²) in [5, 5.41) is 19.8. The lowest BCUT2D eigenvalue weighted by molar-refractivity contribution is -0.129. The summed E-state index contributed by atoms with van der Waals surface area (Å²) in [4.78, 5) is 22.2. The molecule has 6 nitrogen and oxygen atoms in total. The van der Waals surface area contributed by atoms with Gasteiger partial charge in [-0.3, -0.25) is 0 Å². The van der Waals surface area contributed by atoms with Crippen LogP contribution < -0.4 is 5.32 Å². The number of rotatable bonds is 9. The Morgan fingerprint density at radius 3 is 1.86 bits per heavy atom. The van der Waals surface area contributed by atoms with Crippen LogP contribution in [0.5, 0.6) is 0 Å². The molecule has 4 aromatic rings. The number of hydrogen-bond acceptors (Lipinski definition) is 6. The summed E-state index contributed by atoms with van der Waals surface area (Å²) in [6, 6.07) is 30.6. The number of oxime groups is 1. The van der Waals surface area contributed by atoms with Crippen LogP contribution in [-0.2, 0) is 15.2 Å². The van der Waals surface area contributed by atoms with E-state index in [1.54, 1.807) is 5.38 Å². The number of anilines is 1. The molecule has 36 heavy (non-hydrogen) atoms. The Morgan fingerprint density at radius 1 is 0.889 bits per heavy atom. The molecule has 0 bridgehead atoms. The summed E-state index contributed by atoms with van der Waals surface area (Å²) in [5.41, 5.74) is 2.45. The summed E-state index contributed by atoms with van der Waals surface area (Å²) in [6.45, 7) is 0. The topological polar surface area (TPSA) is 83.8 Å². The van der Waals surface area contributed by atoms with Gasteiger partial charge >= 0.3 is 5.97 Å². The van der Waals surface area contributed by atoms with Crippen molar-refractivity contribution in [3.63, 3.8) is 0 Å². The summed E-state index contributed by atoms with van der Waals surface area (Å²) in [7, 11) is 0. The molecule has 0 radical (unpaired) electrons. The first-order valence-electron chi connectivity index (χ1n) is 12.0. The molecule has 1 fully saturated rings. The summed E-state index contributed by atoms with van der Waals surface area (Å²) < 4.78 is 0. The predicted molar refractivity (Wildman–Crippen MR) is 142 cm³/mol. The number of aliphatic carboxylic acids is 1. The van der Waals surface area contributed by atoms with Crippen molar-refractivity contribution < 1.29 is 14.7 Å².